The van der Waals surface area contributed by atoms with E-state index in [9.17, 15) is 4.79 Å². The molecular formula is C7H14O3. The first-order valence-electron chi connectivity index (χ1n) is 3.32. The minimum absolute atomic E-state index is 0.0764. The van der Waals surface area contributed by atoms with Gasteiger partial charge in [0.25, 0.3) is 0 Å². The Labute approximate surface area is 61.3 Å². The van der Waals surface area contributed by atoms with E-state index in [2.05, 4.69) is 4.74 Å². The first-order valence-corrected chi connectivity index (χ1v) is 3.32. The lowest BCUT2D eigenvalue weighted by Crippen LogP contribution is -2.19. The van der Waals surface area contributed by atoms with Gasteiger partial charge in [0.15, 0.2) is 0 Å². The van der Waals surface area contributed by atoms with Crippen LogP contribution < -0.4 is 0 Å². The molecule has 10 heavy (non-hydrogen) atoms. The van der Waals surface area contributed by atoms with Crippen molar-refractivity contribution in [1.82, 2.24) is 0 Å². The van der Waals surface area contributed by atoms with Crippen LogP contribution in [0.2, 0.25) is 0 Å². The Bertz CT molecular complexity index is 109. The fourth-order valence-electron chi connectivity index (χ4n) is 0.336. The van der Waals surface area contributed by atoms with Gasteiger partial charge in [0.05, 0.1) is 7.11 Å². The standard InChI is InChI=1S/C7H14O3/c1-5(2)6(3)10-7(8)9-4/h5-6H,1-4H3/t6-/m1/s1. The fourth-order valence-corrected chi connectivity index (χ4v) is 0.336. The van der Waals surface area contributed by atoms with Crippen molar-refractivity contribution >= 4 is 6.16 Å². The van der Waals surface area contributed by atoms with Gasteiger partial charge in [-0.25, -0.2) is 4.79 Å². The number of rotatable bonds is 2. The minimum atomic E-state index is -0.610. The summed E-state index contributed by atoms with van der Waals surface area (Å²) >= 11 is 0. The zero-order chi connectivity index (χ0) is 8.15. The molecule has 0 amide bonds. The van der Waals surface area contributed by atoms with Crippen molar-refractivity contribution in [2.75, 3.05) is 7.11 Å². The highest BCUT2D eigenvalue weighted by molar-refractivity contribution is 5.59. The molecule has 0 saturated heterocycles. The van der Waals surface area contributed by atoms with Crippen LogP contribution >= 0.6 is 0 Å². The number of carbonyl (C=O) groups is 1. The number of ether oxygens (including phenoxy) is 2. The second-order valence-corrected chi connectivity index (χ2v) is 2.52. The summed E-state index contributed by atoms with van der Waals surface area (Å²) < 4.78 is 9.11. The monoisotopic (exact) mass is 146 g/mol. The lowest BCUT2D eigenvalue weighted by molar-refractivity contribution is 0.0271. The van der Waals surface area contributed by atoms with Crippen molar-refractivity contribution in [2.24, 2.45) is 5.92 Å². The largest absolute Gasteiger partial charge is 0.508 e. The number of methoxy groups -OCH3 is 1. The van der Waals surface area contributed by atoms with Crippen LogP contribution in [-0.4, -0.2) is 19.4 Å². The summed E-state index contributed by atoms with van der Waals surface area (Å²) in [4.78, 5) is 10.5. The summed E-state index contributed by atoms with van der Waals surface area (Å²) in [6.45, 7) is 5.79. The van der Waals surface area contributed by atoms with E-state index in [4.69, 9.17) is 4.74 Å². The molecule has 0 rings (SSSR count). The van der Waals surface area contributed by atoms with E-state index in [0.717, 1.165) is 0 Å². The number of hydrogen-bond donors (Lipinski definition) is 0. The third kappa shape index (κ3) is 3.33. The van der Waals surface area contributed by atoms with Crippen LogP contribution in [-0.2, 0) is 9.47 Å². The van der Waals surface area contributed by atoms with Crippen LogP contribution in [0.15, 0.2) is 0 Å². The molecule has 0 unspecified atom stereocenters. The average Bonchev–Trinajstić information content (AvgIpc) is 1.87. The molecule has 0 aliphatic carbocycles. The molecule has 0 bridgehead atoms. The second-order valence-electron chi connectivity index (χ2n) is 2.52. The maximum Gasteiger partial charge on any atom is 0.508 e. The molecule has 3 nitrogen and oxygen atoms in total. The van der Waals surface area contributed by atoms with E-state index >= 15 is 0 Å². The third-order valence-corrected chi connectivity index (χ3v) is 1.39. The Kier molecular flexibility index (Phi) is 3.84. The normalized spacial score (nSPS) is 12.9. The van der Waals surface area contributed by atoms with Crippen molar-refractivity contribution in [3.8, 4) is 0 Å². The highest BCUT2D eigenvalue weighted by Crippen LogP contribution is 2.05. The van der Waals surface area contributed by atoms with Crippen LogP contribution in [0.25, 0.3) is 0 Å². The molecule has 0 saturated carbocycles. The van der Waals surface area contributed by atoms with Gasteiger partial charge in [0.1, 0.15) is 6.10 Å². The van der Waals surface area contributed by atoms with Crippen molar-refractivity contribution in [1.29, 1.82) is 0 Å². The summed E-state index contributed by atoms with van der Waals surface area (Å²) in [7, 11) is 1.30. The number of carbonyl (C=O) groups excluding carboxylic acids is 1. The molecule has 0 aromatic rings. The van der Waals surface area contributed by atoms with Gasteiger partial charge in [-0.3, -0.25) is 0 Å². The Hall–Kier alpha value is -0.730. The van der Waals surface area contributed by atoms with Crippen LogP contribution in [0.3, 0.4) is 0 Å². The van der Waals surface area contributed by atoms with E-state index in [-0.39, 0.29) is 6.10 Å². The van der Waals surface area contributed by atoms with Gasteiger partial charge in [-0.15, -0.1) is 0 Å². The average molecular weight is 146 g/mol. The molecule has 0 aliphatic heterocycles. The first kappa shape index (κ1) is 9.27. The van der Waals surface area contributed by atoms with E-state index in [0.29, 0.717) is 5.92 Å². The highest BCUT2D eigenvalue weighted by atomic mass is 16.7. The van der Waals surface area contributed by atoms with E-state index in [1.807, 2.05) is 20.8 Å². The molecular weight excluding hydrogens is 132 g/mol. The smallest absolute Gasteiger partial charge is 0.438 e. The topological polar surface area (TPSA) is 35.5 Å². The lowest BCUT2D eigenvalue weighted by Gasteiger charge is -2.14. The van der Waals surface area contributed by atoms with Gasteiger partial charge in [-0.1, -0.05) is 13.8 Å². The Morgan fingerprint density at radius 1 is 1.30 bits per heavy atom. The molecule has 0 fully saturated rings. The minimum Gasteiger partial charge on any atom is -0.438 e. The second kappa shape index (κ2) is 4.14. The van der Waals surface area contributed by atoms with Gasteiger partial charge in [-0.05, 0) is 12.8 Å². The molecule has 60 valence electrons. The van der Waals surface area contributed by atoms with Gasteiger partial charge in [-0.2, -0.15) is 0 Å². The van der Waals surface area contributed by atoms with Gasteiger partial charge >= 0.3 is 6.16 Å². The van der Waals surface area contributed by atoms with Crippen molar-refractivity contribution in [3.05, 3.63) is 0 Å². The quantitative estimate of drug-likeness (QED) is 0.557. The van der Waals surface area contributed by atoms with Crippen molar-refractivity contribution < 1.29 is 14.3 Å². The Morgan fingerprint density at radius 2 is 1.80 bits per heavy atom. The Morgan fingerprint density at radius 3 is 2.10 bits per heavy atom. The zero-order valence-corrected chi connectivity index (χ0v) is 6.88. The molecule has 3 heteroatoms. The molecule has 0 aromatic carbocycles. The first-order chi connectivity index (χ1) is 4.57. The summed E-state index contributed by atoms with van der Waals surface area (Å²) in [5, 5.41) is 0. The molecule has 0 aliphatic rings. The van der Waals surface area contributed by atoms with Crippen LogP contribution in [0, 0.1) is 5.92 Å². The number of hydrogen-bond acceptors (Lipinski definition) is 3. The van der Waals surface area contributed by atoms with Crippen LogP contribution in [0.1, 0.15) is 20.8 Å². The lowest BCUT2D eigenvalue weighted by atomic mass is 10.1. The summed E-state index contributed by atoms with van der Waals surface area (Å²) in [5.41, 5.74) is 0. The summed E-state index contributed by atoms with van der Waals surface area (Å²) in [5.74, 6) is 0.332. The third-order valence-electron chi connectivity index (χ3n) is 1.39. The molecule has 0 heterocycles. The summed E-state index contributed by atoms with van der Waals surface area (Å²) in [6, 6.07) is 0. The zero-order valence-electron chi connectivity index (χ0n) is 6.88. The molecule has 0 radical (unpaired) electrons. The van der Waals surface area contributed by atoms with E-state index < -0.39 is 6.16 Å². The molecule has 0 spiro atoms. The predicted octanol–water partition coefficient (Wildman–Crippen LogP) is 1.81. The highest BCUT2D eigenvalue weighted by Gasteiger charge is 2.11. The van der Waals surface area contributed by atoms with Gasteiger partial charge < -0.3 is 9.47 Å². The van der Waals surface area contributed by atoms with Crippen LogP contribution in [0.4, 0.5) is 4.79 Å². The molecule has 1 atom stereocenters. The van der Waals surface area contributed by atoms with Gasteiger partial charge in [0.2, 0.25) is 0 Å². The Balaban J connectivity index is 3.57. The fraction of sp³-hybridized carbons (Fsp3) is 0.857. The van der Waals surface area contributed by atoms with E-state index in [1.54, 1.807) is 0 Å². The summed E-state index contributed by atoms with van der Waals surface area (Å²) in [6.07, 6.45) is -0.686. The molecule has 0 aromatic heterocycles. The van der Waals surface area contributed by atoms with Crippen molar-refractivity contribution in [3.63, 3.8) is 0 Å². The molecule has 0 N–H and O–H groups in total. The predicted molar refractivity (Wildman–Crippen MR) is 37.8 cm³/mol. The van der Waals surface area contributed by atoms with E-state index in [1.165, 1.54) is 7.11 Å². The maximum absolute atomic E-state index is 10.5. The van der Waals surface area contributed by atoms with Gasteiger partial charge in [0, 0.05) is 0 Å². The van der Waals surface area contributed by atoms with Crippen LogP contribution in [0.5, 0.6) is 0 Å². The SMILES string of the molecule is COC(=O)O[C@H](C)C(C)C. The maximum atomic E-state index is 10.5. The van der Waals surface area contributed by atoms with Crippen molar-refractivity contribution in [2.45, 2.75) is 26.9 Å².